The van der Waals surface area contributed by atoms with E-state index in [0.717, 1.165) is 24.2 Å². The maximum absolute atomic E-state index is 8.68. The summed E-state index contributed by atoms with van der Waals surface area (Å²) in [6.07, 6.45) is 14.6. The van der Waals surface area contributed by atoms with Crippen molar-refractivity contribution in [1.29, 1.82) is 5.26 Å². The SMILES string of the molecule is C1=c2ccc3c4c2C(CC1)OC4C=c1ccccc1=3.N#Cc1ccc2c(c1)C=CC=CO2. The summed E-state index contributed by atoms with van der Waals surface area (Å²) >= 11 is 0. The average Bonchev–Trinajstić information content (AvgIpc) is 3.06. The van der Waals surface area contributed by atoms with Crippen LogP contribution in [0.5, 0.6) is 5.75 Å². The van der Waals surface area contributed by atoms with Crippen molar-refractivity contribution >= 4 is 18.2 Å². The molecule has 2 aliphatic carbocycles. The Morgan fingerprint density at radius 1 is 0.906 bits per heavy atom. The molecule has 0 amide bonds. The molecule has 4 aliphatic rings. The van der Waals surface area contributed by atoms with Gasteiger partial charge in [0.1, 0.15) is 11.9 Å². The highest BCUT2D eigenvalue weighted by molar-refractivity contribution is 5.62. The molecule has 0 saturated carbocycles. The Hall–Kier alpha value is -3.87. The molecule has 3 aromatic rings. The molecule has 2 unspecified atom stereocenters. The van der Waals surface area contributed by atoms with Crippen LogP contribution in [0.25, 0.3) is 18.2 Å². The lowest BCUT2D eigenvalue weighted by atomic mass is 9.89. The number of allylic oxidation sites excluding steroid dienone is 2. The van der Waals surface area contributed by atoms with Crippen LogP contribution < -0.4 is 15.2 Å². The van der Waals surface area contributed by atoms with E-state index in [4.69, 9.17) is 14.7 Å². The van der Waals surface area contributed by atoms with Gasteiger partial charge in [-0.15, -0.1) is 0 Å². The second kappa shape index (κ2) is 7.67. The zero-order valence-electron chi connectivity index (χ0n) is 17.5. The second-order valence-electron chi connectivity index (χ2n) is 8.28. The molecule has 3 aromatic carbocycles. The molecular weight excluding hydrogens is 394 g/mol. The topological polar surface area (TPSA) is 42.2 Å². The van der Waals surface area contributed by atoms with E-state index >= 15 is 0 Å². The number of benzene rings is 3. The standard InChI is InChI=1S/C18H14O.C11H7NO/c1-2-6-13-12(4-1)10-16-18-14(13)9-8-11-5-3-7-15(19-16)17(11)18;12-8-9-4-5-11-10(7-9)3-1-2-6-13-11/h1-2,4-6,8-10,15-16H,3,7H2;1-7H. The predicted molar refractivity (Wildman–Crippen MR) is 124 cm³/mol. The molecule has 2 aliphatic heterocycles. The predicted octanol–water partition coefficient (Wildman–Crippen LogP) is 4.93. The number of hydrogen-bond acceptors (Lipinski definition) is 3. The summed E-state index contributed by atoms with van der Waals surface area (Å²) in [7, 11) is 0. The third-order valence-corrected chi connectivity index (χ3v) is 6.41. The van der Waals surface area contributed by atoms with Gasteiger partial charge >= 0.3 is 0 Å². The minimum absolute atomic E-state index is 0.163. The van der Waals surface area contributed by atoms with Crippen LogP contribution >= 0.6 is 0 Å². The van der Waals surface area contributed by atoms with Gasteiger partial charge in [-0.2, -0.15) is 5.26 Å². The van der Waals surface area contributed by atoms with Crippen LogP contribution in [0, 0.1) is 21.8 Å². The Morgan fingerprint density at radius 3 is 2.78 bits per heavy atom. The second-order valence-corrected chi connectivity index (χ2v) is 8.28. The number of nitrogens with zero attached hydrogens (tertiary/aromatic N) is 1. The van der Waals surface area contributed by atoms with E-state index in [1.165, 1.54) is 32.0 Å². The van der Waals surface area contributed by atoms with Gasteiger partial charge in [0.15, 0.2) is 0 Å². The van der Waals surface area contributed by atoms with E-state index in [9.17, 15) is 0 Å². The van der Waals surface area contributed by atoms with Gasteiger partial charge in [-0.1, -0.05) is 54.6 Å². The zero-order chi connectivity index (χ0) is 21.5. The fourth-order valence-corrected chi connectivity index (χ4v) is 4.99. The van der Waals surface area contributed by atoms with Crippen LogP contribution in [0.3, 0.4) is 0 Å². The van der Waals surface area contributed by atoms with E-state index in [1.54, 1.807) is 24.5 Å². The van der Waals surface area contributed by atoms with Crippen molar-refractivity contribution in [1.82, 2.24) is 0 Å². The molecule has 0 aromatic heterocycles. The van der Waals surface area contributed by atoms with E-state index in [2.05, 4.69) is 54.6 Å². The molecule has 3 heteroatoms. The summed E-state index contributed by atoms with van der Waals surface area (Å²) in [4.78, 5) is 0. The molecule has 2 atom stereocenters. The number of nitriles is 1. The molecule has 154 valence electrons. The third-order valence-electron chi connectivity index (χ3n) is 6.41. The first kappa shape index (κ1) is 18.9. The Morgan fingerprint density at radius 2 is 1.84 bits per heavy atom. The van der Waals surface area contributed by atoms with Crippen molar-refractivity contribution in [2.24, 2.45) is 0 Å². The molecule has 32 heavy (non-hydrogen) atoms. The first-order chi connectivity index (χ1) is 15.8. The average molecular weight is 415 g/mol. The molecule has 0 fully saturated rings. The molecule has 0 spiro atoms. The van der Waals surface area contributed by atoms with Crippen molar-refractivity contribution in [2.75, 3.05) is 0 Å². The molecule has 2 heterocycles. The normalized spacial score (nSPS) is 20.0. The Kier molecular flexibility index (Phi) is 4.52. The van der Waals surface area contributed by atoms with Gasteiger partial charge < -0.3 is 9.47 Å². The summed E-state index contributed by atoms with van der Waals surface area (Å²) in [5.41, 5.74) is 4.47. The third kappa shape index (κ3) is 3.09. The van der Waals surface area contributed by atoms with Crippen molar-refractivity contribution < 1.29 is 9.47 Å². The summed E-state index contributed by atoms with van der Waals surface area (Å²) in [5, 5.41) is 14.1. The quantitative estimate of drug-likeness (QED) is 0.523. The largest absolute Gasteiger partial charge is 0.464 e. The number of ether oxygens (including phenoxy) is 2. The maximum Gasteiger partial charge on any atom is 0.133 e. The van der Waals surface area contributed by atoms with Crippen LogP contribution in [0.4, 0.5) is 0 Å². The summed E-state index contributed by atoms with van der Waals surface area (Å²) < 4.78 is 11.6. The van der Waals surface area contributed by atoms with Gasteiger partial charge in [0.05, 0.1) is 24.0 Å². The molecule has 0 N–H and O–H groups in total. The van der Waals surface area contributed by atoms with Crippen LogP contribution in [0.1, 0.15) is 47.3 Å². The monoisotopic (exact) mass is 415 g/mol. The smallest absolute Gasteiger partial charge is 0.133 e. The first-order valence-electron chi connectivity index (χ1n) is 11.0. The Balaban J connectivity index is 0.000000132. The van der Waals surface area contributed by atoms with Crippen LogP contribution in [0.15, 0.2) is 73.0 Å². The van der Waals surface area contributed by atoms with Crippen molar-refractivity contribution in [3.8, 4) is 11.8 Å². The van der Waals surface area contributed by atoms with E-state index in [1.807, 2.05) is 18.2 Å². The lowest BCUT2D eigenvalue weighted by molar-refractivity contribution is 0.0399. The number of fused-ring (bicyclic) bond motifs is 2. The van der Waals surface area contributed by atoms with E-state index < -0.39 is 0 Å². The molecule has 0 saturated heterocycles. The highest BCUT2D eigenvalue weighted by atomic mass is 16.5. The van der Waals surface area contributed by atoms with Gasteiger partial charge in [-0.05, 0) is 75.2 Å². The zero-order valence-corrected chi connectivity index (χ0v) is 17.5. The lowest BCUT2D eigenvalue weighted by Gasteiger charge is -2.14. The molecule has 0 bridgehead atoms. The van der Waals surface area contributed by atoms with Gasteiger partial charge in [-0.3, -0.25) is 0 Å². The first-order valence-corrected chi connectivity index (χ1v) is 11.0. The molecule has 3 nitrogen and oxygen atoms in total. The summed E-state index contributed by atoms with van der Waals surface area (Å²) in [5.74, 6) is 0.781. The van der Waals surface area contributed by atoms with Crippen molar-refractivity contribution in [3.05, 3.63) is 116 Å². The fraction of sp³-hybridized carbons (Fsp3) is 0.138. The van der Waals surface area contributed by atoms with Crippen LogP contribution in [0.2, 0.25) is 0 Å². The summed E-state index contributed by atoms with van der Waals surface area (Å²) in [6.45, 7) is 0. The van der Waals surface area contributed by atoms with Gasteiger partial charge in [-0.25, -0.2) is 0 Å². The fourth-order valence-electron chi connectivity index (χ4n) is 4.99. The molecular formula is C29H21NO2. The van der Waals surface area contributed by atoms with E-state index in [0.29, 0.717) is 11.7 Å². The Labute approximate surface area is 186 Å². The minimum Gasteiger partial charge on any atom is -0.464 e. The van der Waals surface area contributed by atoms with Crippen molar-refractivity contribution in [3.63, 3.8) is 0 Å². The Bertz CT molecular complexity index is 1560. The van der Waals surface area contributed by atoms with E-state index in [-0.39, 0.29) is 6.10 Å². The summed E-state index contributed by atoms with van der Waals surface area (Å²) in [6, 6.07) is 20.6. The highest BCUT2D eigenvalue weighted by Crippen LogP contribution is 2.43. The number of hydrogen-bond donors (Lipinski definition) is 0. The molecule has 0 radical (unpaired) electrons. The van der Waals surface area contributed by atoms with Gasteiger partial charge in [0.25, 0.3) is 0 Å². The minimum atomic E-state index is 0.163. The lowest BCUT2D eigenvalue weighted by Crippen LogP contribution is -2.17. The van der Waals surface area contributed by atoms with Crippen LogP contribution in [-0.2, 0) is 4.74 Å². The maximum atomic E-state index is 8.68. The van der Waals surface area contributed by atoms with Gasteiger partial charge in [0, 0.05) is 5.56 Å². The van der Waals surface area contributed by atoms with Crippen LogP contribution in [-0.4, -0.2) is 0 Å². The number of rotatable bonds is 0. The van der Waals surface area contributed by atoms with Gasteiger partial charge in [0.2, 0.25) is 0 Å². The van der Waals surface area contributed by atoms with Crippen molar-refractivity contribution in [2.45, 2.75) is 25.0 Å². The highest BCUT2D eigenvalue weighted by Gasteiger charge is 2.34. The molecule has 7 rings (SSSR count).